The molecule has 0 aliphatic carbocycles. The van der Waals surface area contributed by atoms with Crippen molar-refractivity contribution >= 4 is 25.5 Å². The van der Waals surface area contributed by atoms with E-state index in [1.165, 1.54) is 87.6 Å². The van der Waals surface area contributed by atoms with Crippen LogP contribution < -0.4 is 0 Å². The highest BCUT2D eigenvalue weighted by atomic mass is 35.5. The fraction of sp³-hybridized carbons (Fsp3) is 0.739. The van der Waals surface area contributed by atoms with Gasteiger partial charge in [-0.15, -0.1) is 12.4 Å². The molecule has 0 aromatic heterocycles. The molecular weight excluding hydrogens is 339 g/mol. The summed E-state index contributed by atoms with van der Waals surface area (Å²) >= 11 is -1.34. The van der Waals surface area contributed by atoms with Crippen LogP contribution in [0.2, 0.25) is 16.9 Å². The van der Waals surface area contributed by atoms with Crippen molar-refractivity contribution in [2.24, 2.45) is 0 Å². The lowest BCUT2D eigenvalue weighted by atomic mass is 10.1. The van der Waals surface area contributed by atoms with E-state index in [-0.39, 0.29) is 12.4 Å². The maximum absolute atomic E-state index is 2.60. The van der Waals surface area contributed by atoms with Crippen molar-refractivity contribution in [1.29, 1.82) is 0 Å². The van der Waals surface area contributed by atoms with Gasteiger partial charge in [-0.2, -0.15) is 10.6 Å². The molecule has 1 aromatic carbocycles. The largest absolute Gasteiger partial charge is 0.203 e. The van der Waals surface area contributed by atoms with E-state index in [9.17, 15) is 0 Å². The molecule has 0 saturated heterocycles. The number of hydrogen-bond donors (Lipinski definition) is 0. The third kappa shape index (κ3) is 14.9. The zero-order chi connectivity index (χ0) is 17.5. The molecule has 0 fully saturated rings. The predicted octanol–water partition coefficient (Wildman–Crippen LogP) is 8.60. The zero-order valence-electron chi connectivity index (χ0n) is 17.3. The van der Waals surface area contributed by atoms with Gasteiger partial charge in [0.05, 0.1) is 0 Å². The lowest BCUT2D eigenvalue weighted by Crippen LogP contribution is -2.28. The summed E-state index contributed by atoms with van der Waals surface area (Å²) in [7, 11) is 0. The summed E-state index contributed by atoms with van der Waals surface area (Å²) in [4.78, 5) is 0. The summed E-state index contributed by atoms with van der Waals surface area (Å²) < 4.78 is 0. The van der Waals surface area contributed by atoms with E-state index in [0.29, 0.717) is 0 Å². The van der Waals surface area contributed by atoms with E-state index in [0.717, 1.165) is 0 Å². The molecule has 0 aliphatic rings. The monoisotopic (exact) mass is 381 g/mol. The van der Waals surface area contributed by atoms with Gasteiger partial charge in [-0.3, -0.25) is 0 Å². The van der Waals surface area contributed by atoms with E-state index in [2.05, 4.69) is 48.8 Å². The third-order valence-electron chi connectivity index (χ3n) is 5.47. The van der Waals surface area contributed by atoms with Gasteiger partial charge in [0, 0.05) is 0 Å². The summed E-state index contributed by atoms with van der Waals surface area (Å²) in [5.74, 6) is 5.19. The molecule has 0 aliphatic heterocycles. The van der Waals surface area contributed by atoms with Gasteiger partial charge in [0.25, 0.3) is 0 Å². The van der Waals surface area contributed by atoms with Crippen LogP contribution in [0.3, 0.4) is 0 Å². The van der Waals surface area contributed by atoms with E-state index < -0.39 is 13.1 Å². The predicted molar refractivity (Wildman–Crippen MR) is 121 cm³/mol. The molecule has 25 heavy (non-hydrogen) atoms. The van der Waals surface area contributed by atoms with Crippen LogP contribution in [0.4, 0.5) is 0 Å². The first-order valence-corrected chi connectivity index (χ1v) is 14.9. The van der Waals surface area contributed by atoms with Crippen LogP contribution in [0, 0.1) is 0 Å². The van der Waals surface area contributed by atoms with Crippen LogP contribution in [0.5, 0.6) is 0 Å². The van der Waals surface area contributed by atoms with E-state index >= 15 is 0 Å². The average Bonchev–Trinajstić information content (AvgIpc) is 2.56. The van der Waals surface area contributed by atoms with Crippen LogP contribution in [-0.2, 0) is 5.28 Å². The Morgan fingerprint density at radius 1 is 0.640 bits per heavy atom. The Morgan fingerprint density at radius 2 is 1.08 bits per heavy atom. The van der Waals surface area contributed by atoms with Gasteiger partial charge in [0.1, 0.15) is 13.1 Å². The van der Waals surface area contributed by atoms with Gasteiger partial charge in [-0.05, 0) is 0 Å². The second-order valence-corrected chi connectivity index (χ2v) is 14.9. The van der Waals surface area contributed by atoms with Crippen LogP contribution >= 0.6 is 12.4 Å². The van der Waals surface area contributed by atoms with Crippen molar-refractivity contribution in [3.05, 3.63) is 35.9 Å². The standard InChI is InChI=1S/C14H29.C7H7.2CH3.Al.ClH/c1-3-5-7-9-11-13-14-12-10-8-6-4-2;1-7-5-3-2-4-6-7;;;;/h1,3-14H2,2H3;2-6H,1H2;2*1H3;;1H/q;;;;-1;. The first-order valence-electron chi connectivity index (χ1n) is 10.9. The Balaban J connectivity index is 0.00000576. The van der Waals surface area contributed by atoms with Gasteiger partial charge >= 0.3 is 0 Å². The molecule has 0 saturated carbocycles. The minimum Gasteiger partial charge on any atom is -0.203 e. The van der Waals surface area contributed by atoms with Crippen LogP contribution in [0.15, 0.2) is 30.3 Å². The van der Waals surface area contributed by atoms with E-state index in [4.69, 9.17) is 0 Å². The van der Waals surface area contributed by atoms with Crippen LogP contribution in [0.25, 0.3) is 0 Å². The van der Waals surface area contributed by atoms with Crippen molar-refractivity contribution < 1.29 is 0 Å². The summed E-state index contributed by atoms with van der Waals surface area (Å²) in [6, 6.07) is 11.1. The smallest absolute Gasteiger partial charge is 0.133 e. The zero-order valence-corrected chi connectivity index (χ0v) is 19.2. The molecule has 0 spiro atoms. The summed E-state index contributed by atoms with van der Waals surface area (Å²) in [6.07, 6.45) is 17.5. The normalized spacial score (nSPS) is 11.3. The molecule has 146 valence electrons. The first kappa shape index (κ1) is 25.0. The molecule has 0 N–H and O–H groups in total. The lowest BCUT2D eigenvalue weighted by molar-refractivity contribution is 0.547. The minimum atomic E-state index is -1.34. The van der Waals surface area contributed by atoms with Crippen molar-refractivity contribution in [1.82, 2.24) is 0 Å². The molecule has 0 heterocycles. The molecule has 0 unspecified atom stereocenters. The highest BCUT2D eigenvalue weighted by Gasteiger charge is 2.17. The Labute approximate surface area is 167 Å². The van der Waals surface area contributed by atoms with Gasteiger partial charge in [-0.1, -0.05) is 120 Å². The second kappa shape index (κ2) is 16.2. The Bertz CT molecular complexity index is 388. The van der Waals surface area contributed by atoms with Crippen LogP contribution in [0.1, 0.15) is 89.5 Å². The third-order valence-corrected chi connectivity index (χ3v) is 9.02. The van der Waals surface area contributed by atoms with Gasteiger partial charge < -0.3 is 0 Å². The van der Waals surface area contributed by atoms with Gasteiger partial charge in [0.2, 0.25) is 0 Å². The molecule has 1 rings (SSSR count). The maximum atomic E-state index is 2.60. The van der Waals surface area contributed by atoms with Crippen molar-refractivity contribution in [2.75, 3.05) is 0 Å². The summed E-state index contributed by atoms with van der Waals surface area (Å²) in [5.41, 5.74) is 1.56. The molecule has 0 bridgehead atoms. The maximum Gasteiger partial charge on any atom is 0.133 e. The van der Waals surface area contributed by atoms with Gasteiger partial charge in [-0.25, -0.2) is 11.6 Å². The van der Waals surface area contributed by atoms with E-state index in [1.807, 2.05) is 0 Å². The fourth-order valence-corrected chi connectivity index (χ4v) is 7.04. The number of rotatable bonds is 15. The number of hydrogen-bond acceptors (Lipinski definition) is 0. The SMILES string of the molecule is CCCCCCCCCCCCC[CH2][Al-]([CH3])([CH3])[CH2]c1ccccc1.Cl. The highest BCUT2D eigenvalue weighted by molar-refractivity contribution is 6.76. The van der Waals surface area contributed by atoms with E-state index in [1.54, 1.807) is 5.56 Å². The Hall–Kier alpha value is 0.0425. The molecule has 2 heteroatoms. The van der Waals surface area contributed by atoms with Crippen molar-refractivity contribution in [3.8, 4) is 0 Å². The second-order valence-electron chi connectivity index (χ2n) is 8.87. The number of benzene rings is 1. The summed E-state index contributed by atoms with van der Waals surface area (Å²) in [6.45, 7) is 2.30. The van der Waals surface area contributed by atoms with Gasteiger partial charge in [0.15, 0.2) is 0 Å². The summed E-state index contributed by atoms with van der Waals surface area (Å²) in [5, 5.41) is 2.91. The molecule has 0 atom stereocenters. The molecule has 0 radical (unpaired) electrons. The molecular formula is C23H43AlCl-. The quantitative estimate of drug-likeness (QED) is 0.210. The number of halogens is 1. The fourth-order valence-electron chi connectivity index (χ4n) is 3.89. The lowest BCUT2D eigenvalue weighted by Gasteiger charge is -2.26. The minimum absolute atomic E-state index is 0. The topological polar surface area (TPSA) is 0 Å². The Morgan fingerprint density at radius 3 is 1.56 bits per heavy atom. The molecule has 0 amide bonds. The van der Waals surface area contributed by atoms with Crippen molar-refractivity contribution in [2.45, 2.75) is 106 Å². The Kier molecular flexibility index (Phi) is 16.3. The van der Waals surface area contributed by atoms with Crippen molar-refractivity contribution in [3.63, 3.8) is 0 Å². The number of unbranched alkanes of at least 4 members (excludes halogenated alkanes) is 11. The van der Waals surface area contributed by atoms with Crippen LogP contribution in [-0.4, -0.2) is 13.1 Å². The molecule has 0 nitrogen and oxygen atoms in total. The average molecular weight is 382 g/mol. The molecule has 1 aromatic rings. The highest BCUT2D eigenvalue weighted by Crippen LogP contribution is 2.20. The first-order chi connectivity index (χ1) is 11.6.